The van der Waals surface area contributed by atoms with E-state index < -0.39 is 0 Å². The zero-order chi connectivity index (χ0) is 21.5. The molecule has 0 amide bonds. The number of rotatable bonds is 6. The van der Waals surface area contributed by atoms with Crippen LogP contribution >= 0.6 is 35.3 Å². The zero-order valence-electron chi connectivity index (χ0n) is 19.2. The van der Waals surface area contributed by atoms with Crippen molar-refractivity contribution >= 4 is 47.1 Å². The Morgan fingerprint density at radius 1 is 1.16 bits per heavy atom. The van der Waals surface area contributed by atoms with E-state index in [0.717, 1.165) is 68.9 Å². The fourth-order valence-electron chi connectivity index (χ4n) is 4.48. The molecule has 2 aromatic rings. The van der Waals surface area contributed by atoms with Crippen molar-refractivity contribution in [2.75, 3.05) is 44.7 Å². The molecule has 2 fully saturated rings. The van der Waals surface area contributed by atoms with Gasteiger partial charge in [-0.25, -0.2) is 9.97 Å². The second-order valence-electron chi connectivity index (χ2n) is 8.62. The third kappa shape index (κ3) is 7.28. The van der Waals surface area contributed by atoms with Gasteiger partial charge in [0.05, 0.1) is 10.7 Å². The molecule has 2 aliphatic rings. The minimum Gasteiger partial charge on any atom is -0.356 e. The lowest BCUT2D eigenvalue weighted by atomic mass is 9.97. The maximum absolute atomic E-state index is 4.61. The van der Waals surface area contributed by atoms with E-state index in [9.17, 15) is 0 Å². The largest absolute Gasteiger partial charge is 0.356 e. The van der Waals surface area contributed by atoms with Crippen LogP contribution in [0, 0.1) is 12.8 Å². The molecule has 4 heterocycles. The van der Waals surface area contributed by atoms with Crippen molar-refractivity contribution < 1.29 is 0 Å². The number of aromatic nitrogens is 2. The molecule has 0 atom stereocenters. The van der Waals surface area contributed by atoms with Gasteiger partial charge in [0.25, 0.3) is 0 Å². The Labute approximate surface area is 213 Å². The van der Waals surface area contributed by atoms with Gasteiger partial charge in [-0.3, -0.25) is 9.89 Å². The van der Waals surface area contributed by atoms with Gasteiger partial charge in [-0.15, -0.1) is 35.3 Å². The van der Waals surface area contributed by atoms with E-state index in [1.165, 1.54) is 18.5 Å². The summed E-state index contributed by atoms with van der Waals surface area (Å²) >= 11 is 1.75. The van der Waals surface area contributed by atoms with Gasteiger partial charge in [0.1, 0.15) is 5.82 Å². The Morgan fingerprint density at radius 3 is 2.56 bits per heavy atom. The Kier molecular flexibility index (Phi) is 9.98. The second-order valence-corrected chi connectivity index (χ2v) is 9.69. The SMILES string of the molecule is CN=C(NCC1CCN(Cc2csc(C)n2)CC1)NC1CCN(c2ccccn2)CC1.I. The van der Waals surface area contributed by atoms with Crippen molar-refractivity contribution in [1.29, 1.82) is 0 Å². The third-order valence-corrected chi connectivity index (χ3v) is 7.17. The average Bonchev–Trinajstić information content (AvgIpc) is 3.23. The molecule has 2 N–H and O–H groups in total. The Morgan fingerprint density at radius 2 is 1.94 bits per heavy atom. The highest BCUT2D eigenvalue weighted by Crippen LogP contribution is 2.20. The first-order chi connectivity index (χ1) is 15.2. The van der Waals surface area contributed by atoms with Gasteiger partial charge in [0, 0.05) is 50.8 Å². The Balaban J connectivity index is 0.00000289. The number of pyridine rings is 1. The van der Waals surface area contributed by atoms with Crippen molar-refractivity contribution in [1.82, 2.24) is 25.5 Å². The maximum Gasteiger partial charge on any atom is 0.191 e. The van der Waals surface area contributed by atoms with Crippen LogP contribution in [0.1, 0.15) is 36.4 Å². The molecule has 0 bridgehead atoms. The number of anilines is 1. The molecule has 0 aliphatic carbocycles. The Hall–Kier alpha value is -1.46. The molecular formula is C23H36IN7S. The number of piperidine rings is 2. The Bertz CT molecular complexity index is 828. The number of halogens is 1. The number of thiazole rings is 1. The minimum absolute atomic E-state index is 0. The second kappa shape index (κ2) is 12.7. The van der Waals surface area contributed by atoms with Gasteiger partial charge in [0.2, 0.25) is 0 Å². The topological polar surface area (TPSA) is 68.7 Å². The van der Waals surface area contributed by atoms with Crippen LogP contribution in [0.5, 0.6) is 0 Å². The lowest BCUT2D eigenvalue weighted by Gasteiger charge is -2.34. The quantitative estimate of drug-likeness (QED) is 0.316. The molecule has 176 valence electrons. The van der Waals surface area contributed by atoms with Gasteiger partial charge in [-0.05, 0) is 63.7 Å². The first-order valence-corrected chi connectivity index (χ1v) is 12.3. The van der Waals surface area contributed by atoms with E-state index in [-0.39, 0.29) is 24.0 Å². The van der Waals surface area contributed by atoms with Crippen LogP contribution in [-0.4, -0.2) is 66.6 Å². The van der Waals surface area contributed by atoms with Crippen molar-refractivity contribution in [3.63, 3.8) is 0 Å². The molecule has 32 heavy (non-hydrogen) atoms. The normalized spacial score (nSPS) is 18.9. The number of likely N-dealkylation sites (tertiary alicyclic amines) is 1. The lowest BCUT2D eigenvalue weighted by Crippen LogP contribution is -2.50. The van der Waals surface area contributed by atoms with Crippen molar-refractivity contribution in [2.45, 2.75) is 45.2 Å². The number of aliphatic imine (C=N–C) groups is 1. The number of guanidine groups is 1. The number of hydrogen-bond donors (Lipinski definition) is 2. The van der Waals surface area contributed by atoms with Crippen LogP contribution in [0.15, 0.2) is 34.8 Å². The maximum atomic E-state index is 4.61. The highest BCUT2D eigenvalue weighted by atomic mass is 127. The molecule has 0 spiro atoms. The smallest absolute Gasteiger partial charge is 0.191 e. The molecule has 9 heteroatoms. The summed E-state index contributed by atoms with van der Waals surface area (Å²) < 4.78 is 0. The molecule has 0 aromatic carbocycles. The summed E-state index contributed by atoms with van der Waals surface area (Å²) in [6.07, 6.45) is 6.54. The highest BCUT2D eigenvalue weighted by Gasteiger charge is 2.22. The molecule has 0 saturated carbocycles. The van der Waals surface area contributed by atoms with Gasteiger partial charge in [-0.1, -0.05) is 6.07 Å². The monoisotopic (exact) mass is 569 g/mol. The van der Waals surface area contributed by atoms with Crippen LogP contribution in [0.2, 0.25) is 0 Å². The minimum atomic E-state index is 0. The summed E-state index contributed by atoms with van der Waals surface area (Å²) in [4.78, 5) is 18.5. The summed E-state index contributed by atoms with van der Waals surface area (Å²) in [7, 11) is 1.87. The van der Waals surface area contributed by atoms with Gasteiger partial charge in [0.15, 0.2) is 5.96 Å². The van der Waals surface area contributed by atoms with E-state index in [2.05, 4.69) is 59.8 Å². The van der Waals surface area contributed by atoms with Crippen molar-refractivity contribution in [3.8, 4) is 0 Å². The third-order valence-electron chi connectivity index (χ3n) is 6.35. The van der Waals surface area contributed by atoms with Crippen molar-refractivity contribution in [2.24, 2.45) is 10.9 Å². The van der Waals surface area contributed by atoms with Crippen LogP contribution < -0.4 is 15.5 Å². The van der Waals surface area contributed by atoms with Crippen LogP contribution in [0.3, 0.4) is 0 Å². The number of nitrogens with zero attached hydrogens (tertiary/aromatic N) is 5. The first-order valence-electron chi connectivity index (χ1n) is 11.5. The molecule has 2 saturated heterocycles. The van der Waals surface area contributed by atoms with Gasteiger partial charge < -0.3 is 15.5 Å². The summed E-state index contributed by atoms with van der Waals surface area (Å²) in [6.45, 7) is 8.44. The van der Waals surface area contributed by atoms with E-state index in [1.807, 2.05) is 19.3 Å². The fraction of sp³-hybridized carbons (Fsp3) is 0.609. The molecule has 2 aromatic heterocycles. The molecule has 7 nitrogen and oxygen atoms in total. The zero-order valence-corrected chi connectivity index (χ0v) is 22.3. The van der Waals surface area contributed by atoms with Gasteiger partial charge in [-0.2, -0.15) is 0 Å². The van der Waals surface area contributed by atoms with Crippen molar-refractivity contribution in [3.05, 3.63) is 40.5 Å². The van der Waals surface area contributed by atoms with E-state index in [1.54, 1.807) is 11.3 Å². The first kappa shape index (κ1) is 25.2. The molecule has 4 rings (SSSR count). The van der Waals surface area contributed by atoms with Gasteiger partial charge >= 0.3 is 0 Å². The molecule has 2 aliphatic heterocycles. The summed E-state index contributed by atoms with van der Waals surface area (Å²) in [5.74, 6) is 2.73. The lowest BCUT2D eigenvalue weighted by molar-refractivity contribution is 0.176. The standard InChI is InChI=1S/C23H35N7S.HI/c1-18-27-21(17-31-18)16-29-11-6-19(7-12-29)15-26-23(24-2)28-20-8-13-30(14-9-20)22-5-3-4-10-25-22;/h3-5,10,17,19-20H,6-9,11-16H2,1-2H3,(H2,24,26,28);1H. The number of nitrogens with one attached hydrogen (secondary N) is 2. The summed E-state index contributed by atoms with van der Waals surface area (Å²) in [5.41, 5.74) is 1.22. The van der Waals surface area contributed by atoms with Crippen LogP contribution in [0.4, 0.5) is 5.82 Å². The van der Waals surface area contributed by atoms with E-state index >= 15 is 0 Å². The van der Waals surface area contributed by atoms with Crippen LogP contribution in [-0.2, 0) is 6.54 Å². The average molecular weight is 570 g/mol. The molecular weight excluding hydrogens is 533 g/mol. The highest BCUT2D eigenvalue weighted by molar-refractivity contribution is 14.0. The van der Waals surface area contributed by atoms with E-state index in [0.29, 0.717) is 12.0 Å². The number of aryl methyl sites for hydroxylation is 1. The summed E-state index contributed by atoms with van der Waals surface area (Å²) in [6, 6.07) is 6.59. The van der Waals surface area contributed by atoms with Crippen LogP contribution in [0.25, 0.3) is 0 Å². The fourth-order valence-corrected chi connectivity index (χ4v) is 5.09. The predicted octanol–water partition coefficient (Wildman–Crippen LogP) is 3.51. The van der Waals surface area contributed by atoms with E-state index in [4.69, 9.17) is 0 Å². The predicted molar refractivity (Wildman–Crippen MR) is 144 cm³/mol. The molecule has 0 unspecified atom stereocenters. The number of hydrogen-bond acceptors (Lipinski definition) is 6. The molecule has 0 radical (unpaired) electrons. The summed E-state index contributed by atoms with van der Waals surface area (Å²) in [5, 5.41) is 10.6.